The van der Waals surface area contributed by atoms with Gasteiger partial charge in [0.15, 0.2) is 0 Å². The molecule has 1 rings (SSSR count). The number of hydrogen-bond donors (Lipinski definition) is 1. The van der Waals surface area contributed by atoms with Gasteiger partial charge in [-0.05, 0) is 19.3 Å². The minimum atomic E-state index is 0.0982. The van der Waals surface area contributed by atoms with Crippen molar-refractivity contribution in [1.29, 1.82) is 0 Å². The Labute approximate surface area is 124 Å². The summed E-state index contributed by atoms with van der Waals surface area (Å²) in [5.74, 6) is 0.254. The lowest BCUT2D eigenvalue weighted by molar-refractivity contribution is -0.132. The summed E-state index contributed by atoms with van der Waals surface area (Å²) in [6, 6.07) is 0.0982. The van der Waals surface area contributed by atoms with Crippen molar-refractivity contribution in [2.24, 2.45) is 0 Å². The normalized spacial score (nSPS) is 18.7. The van der Waals surface area contributed by atoms with Gasteiger partial charge in [-0.2, -0.15) is 0 Å². The smallest absolute Gasteiger partial charge is 0.222 e. The van der Waals surface area contributed by atoms with E-state index in [9.17, 15) is 9.90 Å². The molecule has 1 heterocycles. The first-order chi connectivity index (χ1) is 9.79. The van der Waals surface area contributed by atoms with E-state index in [2.05, 4.69) is 6.92 Å². The van der Waals surface area contributed by atoms with Crippen molar-refractivity contribution in [2.75, 3.05) is 13.2 Å². The predicted molar refractivity (Wildman–Crippen MR) is 83.7 cm³/mol. The molecule has 0 saturated carbocycles. The second kappa shape index (κ2) is 11.1. The van der Waals surface area contributed by atoms with Crippen molar-refractivity contribution in [3.63, 3.8) is 0 Å². The number of carbonyl (C=O) groups excluding carboxylic acids is 1. The topological polar surface area (TPSA) is 40.5 Å². The lowest BCUT2D eigenvalue weighted by Crippen LogP contribution is -2.37. The molecule has 20 heavy (non-hydrogen) atoms. The fourth-order valence-electron chi connectivity index (χ4n) is 3.08. The summed E-state index contributed by atoms with van der Waals surface area (Å²) < 4.78 is 0. The average molecular weight is 283 g/mol. The van der Waals surface area contributed by atoms with Gasteiger partial charge in [-0.3, -0.25) is 4.79 Å². The van der Waals surface area contributed by atoms with Gasteiger partial charge >= 0.3 is 0 Å². The first-order valence-corrected chi connectivity index (χ1v) is 8.70. The summed E-state index contributed by atoms with van der Waals surface area (Å²) >= 11 is 0. The van der Waals surface area contributed by atoms with Gasteiger partial charge in [0, 0.05) is 13.0 Å². The average Bonchev–Trinajstić information content (AvgIpc) is 2.94. The molecule has 1 aliphatic heterocycles. The third kappa shape index (κ3) is 6.74. The largest absolute Gasteiger partial charge is 0.394 e. The first kappa shape index (κ1) is 17.5. The van der Waals surface area contributed by atoms with Gasteiger partial charge in [0.2, 0.25) is 5.91 Å². The number of aliphatic hydroxyl groups is 1. The predicted octanol–water partition coefficient (Wildman–Crippen LogP) is 3.89. The van der Waals surface area contributed by atoms with Crippen LogP contribution in [-0.4, -0.2) is 35.1 Å². The molecule has 1 saturated heterocycles. The van der Waals surface area contributed by atoms with Gasteiger partial charge < -0.3 is 10.0 Å². The number of hydrogen-bond acceptors (Lipinski definition) is 2. The van der Waals surface area contributed by atoms with E-state index in [-0.39, 0.29) is 18.6 Å². The van der Waals surface area contributed by atoms with E-state index < -0.39 is 0 Å². The molecule has 1 N–H and O–H groups in total. The maximum Gasteiger partial charge on any atom is 0.222 e. The molecule has 118 valence electrons. The highest BCUT2D eigenvalue weighted by Crippen LogP contribution is 2.19. The van der Waals surface area contributed by atoms with Crippen LogP contribution in [0.2, 0.25) is 0 Å². The van der Waals surface area contributed by atoms with Crippen LogP contribution in [0, 0.1) is 0 Å². The van der Waals surface area contributed by atoms with E-state index in [0.29, 0.717) is 6.42 Å². The van der Waals surface area contributed by atoms with Gasteiger partial charge in [0.25, 0.3) is 0 Å². The molecule has 1 atom stereocenters. The van der Waals surface area contributed by atoms with Crippen LogP contribution >= 0.6 is 0 Å². The molecule has 1 aliphatic rings. The van der Waals surface area contributed by atoms with Crippen LogP contribution in [0.5, 0.6) is 0 Å². The molecule has 0 aromatic rings. The summed E-state index contributed by atoms with van der Waals surface area (Å²) in [6.45, 7) is 3.23. The molecule has 1 amide bonds. The van der Waals surface area contributed by atoms with Crippen molar-refractivity contribution in [3.8, 4) is 0 Å². The quantitative estimate of drug-likeness (QED) is 0.584. The Morgan fingerprint density at radius 2 is 1.65 bits per heavy atom. The molecular formula is C17H33NO2. The molecule has 1 fully saturated rings. The Morgan fingerprint density at radius 3 is 2.25 bits per heavy atom. The Bertz CT molecular complexity index is 255. The molecule has 0 aromatic carbocycles. The van der Waals surface area contributed by atoms with Gasteiger partial charge in [0.1, 0.15) is 0 Å². The zero-order chi connectivity index (χ0) is 14.6. The maximum absolute atomic E-state index is 12.0. The second-order valence-corrected chi connectivity index (χ2v) is 6.14. The maximum atomic E-state index is 12.0. The van der Waals surface area contributed by atoms with Crippen molar-refractivity contribution in [1.82, 2.24) is 4.90 Å². The van der Waals surface area contributed by atoms with Gasteiger partial charge in [-0.25, -0.2) is 0 Å². The fourth-order valence-corrected chi connectivity index (χ4v) is 3.08. The van der Waals surface area contributed by atoms with E-state index in [4.69, 9.17) is 0 Å². The summed E-state index contributed by atoms with van der Waals surface area (Å²) in [7, 11) is 0. The standard InChI is InChI=1S/C17H33NO2/c1-2-3-4-5-6-7-8-9-10-13-17(20)18-14-11-12-16(18)15-19/h16,19H,2-15H2,1H3/t16-/m0/s1. The zero-order valence-electron chi connectivity index (χ0n) is 13.3. The first-order valence-electron chi connectivity index (χ1n) is 8.70. The number of carbonyl (C=O) groups is 1. The highest BCUT2D eigenvalue weighted by atomic mass is 16.3. The van der Waals surface area contributed by atoms with Crippen molar-refractivity contribution >= 4 is 5.91 Å². The lowest BCUT2D eigenvalue weighted by atomic mass is 10.1. The van der Waals surface area contributed by atoms with Crippen molar-refractivity contribution in [3.05, 3.63) is 0 Å². The number of nitrogens with zero attached hydrogens (tertiary/aromatic N) is 1. The lowest BCUT2D eigenvalue weighted by Gasteiger charge is -2.22. The molecule has 3 heteroatoms. The minimum absolute atomic E-state index is 0.0982. The monoisotopic (exact) mass is 283 g/mol. The van der Waals surface area contributed by atoms with Crippen LogP contribution in [0.4, 0.5) is 0 Å². The molecule has 3 nitrogen and oxygen atoms in total. The molecule has 0 spiro atoms. The summed E-state index contributed by atoms with van der Waals surface area (Å²) in [5, 5.41) is 9.22. The van der Waals surface area contributed by atoms with Crippen molar-refractivity contribution < 1.29 is 9.90 Å². The number of aliphatic hydroxyl groups excluding tert-OH is 1. The van der Waals surface area contributed by atoms with E-state index in [1.165, 1.54) is 51.4 Å². The number of unbranched alkanes of at least 4 members (excludes halogenated alkanes) is 8. The second-order valence-electron chi connectivity index (χ2n) is 6.14. The summed E-state index contributed by atoms with van der Waals surface area (Å²) in [4.78, 5) is 13.9. The van der Waals surface area contributed by atoms with Crippen LogP contribution in [0.15, 0.2) is 0 Å². The van der Waals surface area contributed by atoms with E-state index in [1.807, 2.05) is 4.90 Å². The van der Waals surface area contributed by atoms with Crippen LogP contribution in [0.25, 0.3) is 0 Å². The van der Waals surface area contributed by atoms with Crippen LogP contribution < -0.4 is 0 Å². The van der Waals surface area contributed by atoms with Gasteiger partial charge in [-0.1, -0.05) is 58.3 Å². The third-order valence-electron chi connectivity index (χ3n) is 4.40. The van der Waals surface area contributed by atoms with E-state index in [1.54, 1.807) is 0 Å². The van der Waals surface area contributed by atoms with Gasteiger partial charge in [-0.15, -0.1) is 0 Å². The molecular weight excluding hydrogens is 250 g/mol. The highest BCUT2D eigenvalue weighted by molar-refractivity contribution is 5.76. The van der Waals surface area contributed by atoms with Crippen molar-refractivity contribution in [2.45, 2.75) is 90.0 Å². The summed E-state index contributed by atoms with van der Waals surface area (Å²) in [6.07, 6.45) is 14.3. The number of rotatable bonds is 11. The molecule has 0 aromatic heterocycles. The molecule has 0 radical (unpaired) electrons. The van der Waals surface area contributed by atoms with E-state index >= 15 is 0 Å². The highest BCUT2D eigenvalue weighted by Gasteiger charge is 2.27. The minimum Gasteiger partial charge on any atom is -0.394 e. The Hall–Kier alpha value is -0.570. The molecule has 0 bridgehead atoms. The van der Waals surface area contributed by atoms with Gasteiger partial charge in [0.05, 0.1) is 12.6 Å². The number of amides is 1. The van der Waals surface area contributed by atoms with Crippen LogP contribution in [0.3, 0.4) is 0 Å². The van der Waals surface area contributed by atoms with Crippen LogP contribution in [0.1, 0.15) is 84.0 Å². The molecule has 0 unspecified atom stereocenters. The number of likely N-dealkylation sites (tertiary alicyclic amines) is 1. The third-order valence-corrected chi connectivity index (χ3v) is 4.40. The Kier molecular flexibility index (Phi) is 9.73. The Morgan fingerprint density at radius 1 is 1.05 bits per heavy atom. The van der Waals surface area contributed by atoms with E-state index in [0.717, 1.165) is 25.8 Å². The van der Waals surface area contributed by atoms with Crippen LogP contribution in [-0.2, 0) is 4.79 Å². The zero-order valence-corrected chi connectivity index (χ0v) is 13.3. The molecule has 0 aliphatic carbocycles. The fraction of sp³-hybridized carbons (Fsp3) is 0.941. The SMILES string of the molecule is CCCCCCCCCCCC(=O)N1CCC[C@H]1CO. The summed E-state index contributed by atoms with van der Waals surface area (Å²) in [5.41, 5.74) is 0. The Balaban J connectivity index is 1.94.